The molecule has 0 saturated carbocycles. The molecule has 6 aromatic carbocycles. The van der Waals surface area contributed by atoms with Crippen molar-refractivity contribution in [2.45, 2.75) is 153 Å². The summed E-state index contributed by atoms with van der Waals surface area (Å²) >= 11 is 0. The summed E-state index contributed by atoms with van der Waals surface area (Å²) in [7, 11) is 0. The van der Waals surface area contributed by atoms with E-state index in [9.17, 15) is 14.4 Å². The van der Waals surface area contributed by atoms with Crippen molar-refractivity contribution < 1.29 is 90.3 Å². The summed E-state index contributed by atoms with van der Waals surface area (Å²) in [5, 5.41) is 0. The second-order valence-corrected chi connectivity index (χ2v) is 22.1. The zero-order valence-corrected chi connectivity index (χ0v) is 50.5. The van der Waals surface area contributed by atoms with Crippen molar-refractivity contribution in [1.29, 1.82) is 0 Å². The Morgan fingerprint density at radius 1 is 0.422 bits per heavy atom. The Kier molecular flexibility index (Phi) is 23.0. The Balaban J connectivity index is 1.12. The molecule has 20 nitrogen and oxygen atoms in total. The minimum Gasteiger partial charge on any atom is -0.456 e. The average Bonchev–Trinajstić information content (AvgIpc) is 2.15. The second kappa shape index (κ2) is 31.8. The van der Waals surface area contributed by atoms with Crippen molar-refractivity contribution in [1.82, 2.24) is 4.90 Å². The standard InChI is InChI=1S/C70H75NO19/c1-6-36-79-68-57(71-66(75)53-34-22-23-35-54(53)67(71)76)61(90-70-65(86-47(5)74)63(85-46(4)73)60(84-45(3)72)56(88-70)43-78-38-49-26-14-8-15-27-49)59(55(87-68)42-77-37-48-24-12-7-13-25-48)89-69-64(82-41-52-32-20-11-21-33-52)62(81-40-51-30-18-10-19-31-51)58(44(2)83-69)80-39-50-28-16-9-17-29-50/h6-35,44,55-65,68-70H,1,36-43H2,2-5H3/t44-,55+,56+,57+,58+,59+,60-,61+,62+,63-,64-,65+,68+,69-,70-/m0/s1. The van der Waals surface area contributed by atoms with E-state index < -0.39 is 122 Å². The molecular weight excluding hydrogens is 1160 g/mol. The van der Waals surface area contributed by atoms with Crippen LogP contribution in [-0.4, -0.2) is 146 Å². The number of ether oxygens (including phenoxy) is 14. The van der Waals surface area contributed by atoms with Gasteiger partial charge in [-0.2, -0.15) is 0 Å². The van der Waals surface area contributed by atoms with Gasteiger partial charge in [-0.15, -0.1) is 6.58 Å². The Labute approximate surface area is 523 Å². The van der Waals surface area contributed by atoms with Crippen LogP contribution in [0.4, 0.5) is 0 Å². The van der Waals surface area contributed by atoms with E-state index in [1.807, 2.05) is 159 Å². The second-order valence-electron chi connectivity index (χ2n) is 22.1. The third-order valence-corrected chi connectivity index (χ3v) is 15.6. The largest absolute Gasteiger partial charge is 0.456 e. The van der Waals surface area contributed by atoms with Crippen LogP contribution in [0.25, 0.3) is 0 Å². The van der Waals surface area contributed by atoms with Crippen molar-refractivity contribution in [3.8, 4) is 0 Å². The van der Waals surface area contributed by atoms with Crippen LogP contribution in [0, 0.1) is 0 Å². The molecule has 0 spiro atoms. The Morgan fingerprint density at radius 3 is 1.27 bits per heavy atom. The summed E-state index contributed by atoms with van der Waals surface area (Å²) < 4.78 is 93.8. The van der Waals surface area contributed by atoms with E-state index in [1.54, 1.807) is 12.1 Å². The quantitative estimate of drug-likeness (QED) is 0.0194. The third-order valence-electron chi connectivity index (χ3n) is 15.6. The lowest BCUT2D eigenvalue weighted by Crippen LogP contribution is -2.71. The number of carbonyl (C=O) groups excluding carboxylic acids is 5. The predicted molar refractivity (Wildman–Crippen MR) is 322 cm³/mol. The number of hydrogen-bond donors (Lipinski definition) is 0. The van der Waals surface area contributed by atoms with Gasteiger partial charge in [0.25, 0.3) is 11.8 Å². The lowest BCUT2D eigenvalue weighted by Gasteiger charge is -2.52. The fraction of sp³-hybridized carbons (Fsp3) is 0.386. The number of carbonyl (C=O) groups is 5. The van der Waals surface area contributed by atoms with E-state index in [0.717, 1.165) is 53.5 Å². The molecule has 4 heterocycles. The molecule has 15 atom stereocenters. The smallest absolute Gasteiger partial charge is 0.303 e. The summed E-state index contributed by atoms with van der Waals surface area (Å²) in [6, 6.07) is 52.2. The summed E-state index contributed by atoms with van der Waals surface area (Å²) in [6.45, 7) is 8.92. The van der Waals surface area contributed by atoms with E-state index in [4.69, 9.17) is 66.3 Å². The van der Waals surface area contributed by atoms with Gasteiger partial charge in [0.2, 0.25) is 0 Å². The molecule has 4 aliphatic heterocycles. The number of hydrogen-bond acceptors (Lipinski definition) is 19. The summed E-state index contributed by atoms with van der Waals surface area (Å²) in [5.41, 5.74) is 4.34. The molecule has 3 saturated heterocycles. The van der Waals surface area contributed by atoms with Crippen LogP contribution in [0.5, 0.6) is 0 Å². The van der Waals surface area contributed by atoms with E-state index in [1.165, 1.54) is 18.2 Å². The Morgan fingerprint density at radius 2 is 0.800 bits per heavy atom. The van der Waals surface area contributed by atoms with Crippen LogP contribution in [0.2, 0.25) is 0 Å². The van der Waals surface area contributed by atoms with Gasteiger partial charge >= 0.3 is 17.9 Å². The summed E-state index contributed by atoms with van der Waals surface area (Å²) in [4.78, 5) is 71.3. The van der Waals surface area contributed by atoms with Crippen molar-refractivity contribution in [3.63, 3.8) is 0 Å². The maximum Gasteiger partial charge on any atom is 0.303 e. The van der Waals surface area contributed by atoms with Gasteiger partial charge in [-0.05, 0) is 46.9 Å². The minimum atomic E-state index is -1.83. The fourth-order valence-corrected chi connectivity index (χ4v) is 11.5. The van der Waals surface area contributed by atoms with E-state index in [2.05, 4.69) is 6.58 Å². The zero-order valence-electron chi connectivity index (χ0n) is 50.5. The van der Waals surface area contributed by atoms with Crippen LogP contribution < -0.4 is 0 Å². The lowest BCUT2D eigenvalue weighted by molar-refractivity contribution is -0.382. The topological polar surface area (TPSA) is 218 Å². The third kappa shape index (κ3) is 16.6. The molecule has 10 rings (SSSR count). The number of fused-ring (bicyclic) bond motifs is 1. The van der Waals surface area contributed by atoms with E-state index in [0.29, 0.717) is 0 Å². The Bertz CT molecular complexity index is 3250. The normalized spacial score (nSPS) is 27.3. The van der Waals surface area contributed by atoms with Gasteiger partial charge in [-0.1, -0.05) is 170 Å². The number of amides is 2. The molecule has 3 fully saturated rings. The lowest BCUT2D eigenvalue weighted by atomic mass is 9.93. The molecule has 0 aromatic heterocycles. The van der Waals surface area contributed by atoms with Crippen LogP contribution in [0.15, 0.2) is 189 Å². The molecule has 6 aromatic rings. The highest BCUT2D eigenvalue weighted by Gasteiger charge is 2.61. The van der Waals surface area contributed by atoms with Gasteiger partial charge in [0.05, 0.1) is 70.1 Å². The average molecular weight is 1230 g/mol. The molecule has 2 amide bonds. The fourth-order valence-electron chi connectivity index (χ4n) is 11.5. The first kappa shape index (κ1) is 65.1. The number of esters is 3. The molecule has 4 aliphatic rings. The van der Waals surface area contributed by atoms with Gasteiger partial charge in [-0.25, -0.2) is 0 Å². The number of imide groups is 1. The van der Waals surface area contributed by atoms with Crippen molar-refractivity contribution >= 4 is 29.7 Å². The minimum absolute atomic E-state index is 0.0360. The van der Waals surface area contributed by atoms with E-state index in [-0.39, 0.29) is 64.0 Å². The first-order valence-corrected chi connectivity index (χ1v) is 30.0. The predicted octanol–water partition coefficient (Wildman–Crippen LogP) is 8.80. The van der Waals surface area contributed by atoms with Crippen molar-refractivity contribution in [3.05, 3.63) is 228 Å². The van der Waals surface area contributed by atoms with Crippen LogP contribution in [0.1, 0.15) is 76.2 Å². The first-order valence-electron chi connectivity index (χ1n) is 30.0. The highest BCUT2D eigenvalue weighted by atomic mass is 16.8. The number of benzene rings is 6. The van der Waals surface area contributed by atoms with Gasteiger partial charge in [0.15, 0.2) is 37.2 Å². The highest BCUT2D eigenvalue weighted by Crippen LogP contribution is 2.41. The molecule has 90 heavy (non-hydrogen) atoms. The molecule has 474 valence electrons. The molecule has 0 radical (unpaired) electrons. The number of nitrogens with zero attached hydrogens (tertiary/aromatic N) is 1. The summed E-state index contributed by atoms with van der Waals surface area (Å²) in [5.74, 6) is -3.97. The van der Waals surface area contributed by atoms with E-state index >= 15 is 9.59 Å². The molecule has 0 bridgehead atoms. The van der Waals surface area contributed by atoms with Crippen LogP contribution in [-0.2, 0) is 114 Å². The molecule has 0 aliphatic carbocycles. The first-order chi connectivity index (χ1) is 43.8. The zero-order chi connectivity index (χ0) is 62.9. The maximum absolute atomic E-state index is 15.2. The number of rotatable bonds is 28. The molecule has 20 heteroatoms. The van der Waals surface area contributed by atoms with Gasteiger partial charge in [0.1, 0.15) is 48.8 Å². The monoisotopic (exact) mass is 1230 g/mol. The van der Waals surface area contributed by atoms with Gasteiger partial charge < -0.3 is 66.3 Å². The van der Waals surface area contributed by atoms with Gasteiger partial charge in [-0.3, -0.25) is 28.9 Å². The maximum atomic E-state index is 15.2. The Hall–Kier alpha value is -7.83. The van der Waals surface area contributed by atoms with Crippen LogP contribution in [0.3, 0.4) is 0 Å². The molecule has 0 unspecified atom stereocenters. The van der Waals surface area contributed by atoms with Crippen molar-refractivity contribution in [2.24, 2.45) is 0 Å². The highest BCUT2D eigenvalue weighted by molar-refractivity contribution is 6.21. The molecule has 0 N–H and O–H groups in total. The van der Waals surface area contributed by atoms with Gasteiger partial charge in [0, 0.05) is 20.8 Å². The SMILES string of the molecule is C=CCO[C@@H]1O[C@H](COCc2ccccc2)[C@@H](O[C@@H]2O[C@@H](C)[C@@H](OCc3ccccc3)[C@@H](OCc3ccccc3)[C@@H]2OCc2ccccc2)[C@H](O[C@@H]2O[C@H](COCc3ccccc3)[C@H](OC(C)=O)[C@H](OC(C)=O)[C@H]2OC(C)=O)[C@H]1N1C(=O)c2ccccc2C1=O. The molecular formula is C70H75NO19. The summed E-state index contributed by atoms with van der Waals surface area (Å²) in [6.07, 6.45) is -17.6. The van der Waals surface area contributed by atoms with Crippen molar-refractivity contribution in [2.75, 3.05) is 19.8 Å². The van der Waals surface area contributed by atoms with Crippen LogP contribution >= 0.6 is 0 Å².